The highest BCUT2D eigenvalue weighted by Gasteiger charge is 2.36. The summed E-state index contributed by atoms with van der Waals surface area (Å²) >= 11 is 1.54. The van der Waals surface area contributed by atoms with Gasteiger partial charge in [0.05, 0.1) is 10.6 Å². The monoisotopic (exact) mass is 261 g/mol. The molecule has 1 aromatic heterocycles. The van der Waals surface area contributed by atoms with Crippen LogP contribution in [0.1, 0.15) is 17.4 Å². The second-order valence-corrected chi connectivity index (χ2v) is 5.33. The van der Waals surface area contributed by atoms with Crippen molar-refractivity contribution < 1.29 is 9.13 Å². The van der Waals surface area contributed by atoms with Gasteiger partial charge in [-0.25, -0.2) is 9.38 Å². The average molecular weight is 261 g/mol. The van der Waals surface area contributed by atoms with Crippen LogP contribution in [-0.2, 0) is 10.3 Å². The first kappa shape index (κ1) is 11.4. The summed E-state index contributed by atoms with van der Waals surface area (Å²) in [4.78, 5) is 5.39. The van der Waals surface area contributed by atoms with Gasteiger partial charge in [0.1, 0.15) is 6.67 Å². The van der Waals surface area contributed by atoms with E-state index in [0.29, 0.717) is 5.90 Å². The van der Waals surface area contributed by atoms with Gasteiger partial charge in [0.2, 0.25) is 5.90 Å². The summed E-state index contributed by atoms with van der Waals surface area (Å²) in [6, 6.07) is 11.4. The highest BCUT2D eigenvalue weighted by molar-refractivity contribution is 7.12. The van der Waals surface area contributed by atoms with Crippen LogP contribution < -0.4 is 0 Å². The molecular formula is C14H12FNOS. The molecule has 4 heteroatoms. The fourth-order valence-corrected chi connectivity index (χ4v) is 2.67. The van der Waals surface area contributed by atoms with Crippen molar-refractivity contribution in [2.24, 2.45) is 4.99 Å². The molecule has 0 saturated heterocycles. The van der Waals surface area contributed by atoms with Crippen LogP contribution in [0.25, 0.3) is 0 Å². The summed E-state index contributed by atoms with van der Waals surface area (Å²) in [7, 11) is 0. The summed E-state index contributed by atoms with van der Waals surface area (Å²) in [6.07, 6.45) is 0. The number of halogens is 1. The molecule has 1 aliphatic rings. The van der Waals surface area contributed by atoms with Gasteiger partial charge in [0.15, 0.2) is 5.60 Å². The minimum Gasteiger partial charge on any atom is -0.463 e. The fraction of sp³-hybridized carbons (Fsp3) is 0.214. The molecule has 2 nitrogen and oxygen atoms in total. The number of hydrogen-bond acceptors (Lipinski definition) is 3. The molecule has 0 aliphatic carbocycles. The quantitative estimate of drug-likeness (QED) is 0.799. The Labute approximate surface area is 109 Å². The van der Waals surface area contributed by atoms with Crippen LogP contribution in [0.3, 0.4) is 0 Å². The molecular weight excluding hydrogens is 249 g/mol. The number of fused-ring (bicyclic) bond motifs is 1. The Bertz CT molecular complexity index is 594. The molecule has 0 N–H and O–H groups in total. The zero-order valence-corrected chi connectivity index (χ0v) is 10.7. The van der Waals surface area contributed by atoms with Gasteiger partial charge in [-0.15, -0.1) is 11.3 Å². The Morgan fingerprint density at radius 1 is 1.28 bits per heavy atom. The lowest BCUT2D eigenvalue weighted by Gasteiger charge is -2.33. The summed E-state index contributed by atoms with van der Waals surface area (Å²) in [5.74, 6) is 0.504. The van der Waals surface area contributed by atoms with Crippen LogP contribution in [0, 0.1) is 0 Å². The molecule has 1 unspecified atom stereocenters. The van der Waals surface area contributed by atoms with Crippen molar-refractivity contribution in [1.82, 2.24) is 0 Å². The van der Waals surface area contributed by atoms with E-state index in [9.17, 15) is 4.39 Å². The summed E-state index contributed by atoms with van der Waals surface area (Å²) < 4.78 is 19.2. The molecule has 1 aromatic carbocycles. The molecule has 2 heterocycles. The van der Waals surface area contributed by atoms with Crippen LogP contribution in [-0.4, -0.2) is 12.6 Å². The molecule has 1 atom stereocenters. The smallest absolute Gasteiger partial charge is 0.232 e. The predicted molar refractivity (Wildman–Crippen MR) is 71.4 cm³/mol. The number of ether oxygens (including phenoxy) is 1. The van der Waals surface area contributed by atoms with E-state index in [2.05, 4.69) is 4.99 Å². The molecule has 0 bridgehead atoms. The molecule has 0 fully saturated rings. The summed E-state index contributed by atoms with van der Waals surface area (Å²) in [5.41, 5.74) is 0.637. The van der Waals surface area contributed by atoms with E-state index >= 15 is 0 Å². The van der Waals surface area contributed by atoms with Gasteiger partial charge >= 0.3 is 0 Å². The second kappa shape index (κ2) is 4.21. The van der Waals surface area contributed by atoms with E-state index in [1.54, 1.807) is 6.92 Å². The van der Waals surface area contributed by atoms with E-state index in [-0.39, 0.29) is 0 Å². The lowest BCUT2D eigenvalue weighted by molar-refractivity contribution is 0.0424. The van der Waals surface area contributed by atoms with Crippen LogP contribution in [0.4, 0.5) is 10.1 Å². The largest absolute Gasteiger partial charge is 0.463 e. The number of nitrogens with zero attached hydrogens (tertiary/aromatic N) is 1. The van der Waals surface area contributed by atoms with Crippen molar-refractivity contribution in [1.29, 1.82) is 0 Å². The van der Waals surface area contributed by atoms with Gasteiger partial charge in [-0.1, -0.05) is 24.3 Å². The molecule has 0 saturated carbocycles. The SMILES string of the molecule is CC1(CF)OC(c2cccs2)=Nc2ccccc21. The first-order valence-electron chi connectivity index (χ1n) is 5.70. The standard InChI is InChI=1S/C14H12FNOS/c1-14(9-15)10-5-2-3-6-11(10)16-13(17-14)12-7-4-8-18-12/h2-8H,9H2,1H3. The van der Waals surface area contributed by atoms with E-state index in [4.69, 9.17) is 4.74 Å². The summed E-state index contributed by atoms with van der Waals surface area (Å²) in [5, 5.41) is 1.95. The van der Waals surface area contributed by atoms with Crippen molar-refractivity contribution in [2.75, 3.05) is 6.67 Å². The number of benzene rings is 1. The molecule has 2 aromatic rings. The maximum atomic E-state index is 13.4. The number of thiophene rings is 1. The van der Waals surface area contributed by atoms with E-state index in [1.807, 2.05) is 41.8 Å². The number of alkyl halides is 1. The van der Waals surface area contributed by atoms with E-state index in [1.165, 1.54) is 11.3 Å². The lowest BCUT2D eigenvalue weighted by atomic mass is 9.94. The lowest BCUT2D eigenvalue weighted by Crippen LogP contribution is -2.34. The molecule has 0 radical (unpaired) electrons. The maximum Gasteiger partial charge on any atom is 0.232 e. The maximum absolute atomic E-state index is 13.4. The van der Waals surface area contributed by atoms with Crippen molar-refractivity contribution in [3.05, 3.63) is 52.2 Å². The van der Waals surface area contributed by atoms with Crippen LogP contribution in [0.5, 0.6) is 0 Å². The van der Waals surface area contributed by atoms with Crippen molar-refractivity contribution in [2.45, 2.75) is 12.5 Å². The van der Waals surface area contributed by atoms with Crippen LogP contribution in [0.2, 0.25) is 0 Å². The van der Waals surface area contributed by atoms with Gasteiger partial charge in [-0.05, 0) is 24.4 Å². The molecule has 1 aliphatic heterocycles. The third-order valence-electron chi connectivity index (χ3n) is 3.00. The first-order valence-corrected chi connectivity index (χ1v) is 6.58. The zero-order chi connectivity index (χ0) is 12.6. The average Bonchev–Trinajstić information content (AvgIpc) is 2.93. The fourth-order valence-electron chi connectivity index (χ4n) is 2.02. The summed E-state index contributed by atoms with van der Waals surface area (Å²) in [6.45, 7) is 1.18. The van der Waals surface area contributed by atoms with E-state index in [0.717, 1.165) is 16.1 Å². The Morgan fingerprint density at radius 2 is 2.11 bits per heavy atom. The van der Waals surface area contributed by atoms with Crippen molar-refractivity contribution >= 4 is 22.9 Å². The molecule has 0 amide bonds. The van der Waals surface area contributed by atoms with Gasteiger partial charge < -0.3 is 4.74 Å². The molecule has 0 spiro atoms. The highest BCUT2D eigenvalue weighted by atomic mass is 32.1. The number of aliphatic imine (C=N–C) groups is 1. The first-order chi connectivity index (χ1) is 8.73. The Kier molecular flexibility index (Phi) is 2.67. The number of rotatable bonds is 2. The number of para-hydroxylation sites is 1. The highest BCUT2D eigenvalue weighted by Crippen LogP contribution is 2.39. The van der Waals surface area contributed by atoms with Gasteiger partial charge in [0.25, 0.3) is 0 Å². The van der Waals surface area contributed by atoms with E-state index < -0.39 is 12.3 Å². The minimum absolute atomic E-state index is 0.504. The van der Waals surface area contributed by atoms with Gasteiger partial charge in [-0.2, -0.15) is 0 Å². The Balaban J connectivity index is 2.15. The topological polar surface area (TPSA) is 21.6 Å². The zero-order valence-electron chi connectivity index (χ0n) is 9.89. The Morgan fingerprint density at radius 3 is 2.83 bits per heavy atom. The van der Waals surface area contributed by atoms with Crippen molar-refractivity contribution in [3.8, 4) is 0 Å². The third kappa shape index (κ3) is 1.73. The van der Waals surface area contributed by atoms with Gasteiger partial charge in [0, 0.05) is 5.56 Å². The third-order valence-corrected chi connectivity index (χ3v) is 3.86. The normalized spacial score (nSPS) is 22.0. The van der Waals surface area contributed by atoms with Crippen LogP contribution >= 0.6 is 11.3 Å². The predicted octanol–water partition coefficient (Wildman–Crippen LogP) is 4.04. The molecule has 18 heavy (non-hydrogen) atoms. The minimum atomic E-state index is -0.947. The molecule has 3 rings (SSSR count). The number of hydrogen-bond donors (Lipinski definition) is 0. The van der Waals surface area contributed by atoms with Gasteiger partial charge in [-0.3, -0.25) is 0 Å². The second-order valence-electron chi connectivity index (χ2n) is 4.38. The van der Waals surface area contributed by atoms with Crippen LogP contribution in [0.15, 0.2) is 46.8 Å². The molecule has 92 valence electrons. The van der Waals surface area contributed by atoms with Crippen molar-refractivity contribution in [3.63, 3.8) is 0 Å². The Hall–Kier alpha value is -1.68.